The van der Waals surface area contributed by atoms with Crippen molar-refractivity contribution in [3.8, 4) is 6.07 Å². The molecule has 0 saturated heterocycles. The van der Waals surface area contributed by atoms with Crippen LogP contribution in [0.4, 0.5) is 10.6 Å². The highest BCUT2D eigenvalue weighted by atomic mass is 16.6. The van der Waals surface area contributed by atoms with E-state index in [9.17, 15) is 14.9 Å². The first-order chi connectivity index (χ1) is 11.6. The maximum Gasteiger partial charge on any atom is 0.407 e. The fraction of sp³-hybridized carbons (Fsp3) is 0.625. The first-order valence-electron chi connectivity index (χ1n) is 8.14. The van der Waals surface area contributed by atoms with Gasteiger partial charge in [-0.15, -0.1) is 0 Å². The van der Waals surface area contributed by atoms with Crippen LogP contribution in [0.5, 0.6) is 0 Å². The van der Waals surface area contributed by atoms with Crippen LogP contribution >= 0.6 is 0 Å². The largest absolute Gasteiger partial charge is 0.444 e. The molecule has 0 aromatic carbocycles. The summed E-state index contributed by atoms with van der Waals surface area (Å²) in [4.78, 5) is 23.2. The van der Waals surface area contributed by atoms with E-state index in [1.807, 2.05) is 0 Å². The first-order valence-corrected chi connectivity index (χ1v) is 8.14. The molecule has 1 aliphatic carbocycles. The lowest BCUT2D eigenvalue weighted by Crippen LogP contribution is -2.43. The highest BCUT2D eigenvalue weighted by Gasteiger charge is 2.34. The fourth-order valence-corrected chi connectivity index (χ4v) is 2.98. The van der Waals surface area contributed by atoms with Crippen molar-refractivity contribution in [3.05, 3.63) is 11.8 Å². The fourth-order valence-electron chi connectivity index (χ4n) is 2.98. The Balaban J connectivity index is 2.05. The Kier molecular flexibility index (Phi) is 5.21. The van der Waals surface area contributed by atoms with E-state index in [2.05, 4.69) is 16.5 Å². The average molecular weight is 348 g/mol. The molecule has 0 radical (unpaired) electrons. The molecule has 5 N–H and O–H groups in total. The number of rotatable bonds is 3. The topological polar surface area (TPSA) is 149 Å². The second-order valence-corrected chi connectivity index (χ2v) is 7.23. The van der Waals surface area contributed by atoms with E-state index >= 15 is 0 Å². The molecule has 1 aliphatic rings. The zero-order valence-corrected chi connectivity index (χ0v) is 14.7. The molecular weight excluding hydrogens is 324 g/mol. The second kappa shape index (κ2) is 7.01. The number of carbonyl (C=O) groups is 2. The van der Waals surface area contributed by atoms with Gasteiger partial charge in [-0.1, -0.05) is 0 Å². The lowest BCUT2D eigenvalue weighted by Gasteiger charge is -2.33. The number of nitrogens with two attached hydrogens (primary N) is 2. The molecule has 2 rings (SSSR count). The minimum atomic E-state index is -0.655. The molecule has 25 heavy (non-hydrogen) atoms. The SMILES string of the molecule is CC(C)(C)OC(=O)N[C@H]1CCC(n2cc(C(N)=O)c(N)n2)[C@H](C#N)C1. The van der Waals surface area contributed by atoms with Crippen molar-refractivity contribution in [1.82, 2.24) is 15.1 Å². The zero-order chi connectivity index (χ0) is 18.8. The van der Waals surface area contributed by atoms with Crippen LogP contribution in [-0.4, -0.2) is 33.4 Å². The van der Waals surface area contributed by atoms with Gasteiger partial charge in [0.25, 0.3) is 5.91 Å². The standard InChI is InChI=1S/C16H24N6O3/c1-16(2,3)25-15(24)20-10-4-5-12(9(6-10)7-17)22-8-11(14(19)23)13(18)21-22/h8-10,12H,4-6H2,1-3H3,(H2,18,21)(H2,19,23)(H,20,24)/t9-,10-,12?/m0/s1. The number of amides is 2. The number of hydrogen-bond donors (Lipinski definition) is 3. The second-order valence-electron chi connectivity index (χ2n) is 7.23. The summed E-state index contributed by atoms with van der Waals surface area (Å²) in [6, 6.07) is 1.87. The van der Waals surface area contributed by atoms with Crippen molar-refractivity contribution in [2.24, 2.45) is 11.7 Å². The Morgan fingerprint density at radius 2 is 2.12 bits per heavy atom. The van der Waals surface area contributed by atoms with Crippen LogP contribution < -0.4 is 16.8 Å². The molecular formula is C16H24N6O3. The zero-order valence-electron chi connectivity index (χ0n) is 14.7. The quantitative estimate of drug-likeness (QED) is 0.750. The number of primary amides is 1. The summed E-state index contributed by atoms with van der Waals surface area (Å²) in [5, 5.41) is 16.4. The molecule has 2 amide bonds. The monoisotopic (exact) mass is 348 g/mol. The van der Waals surface area contributed by atoms with E-state index < -0.39 is 17.6 Å². The van der Waals surface area contributed by atoms with E-state index in [-0.39, 0.29) is 29.4 Å². The summed E-state index contributed by atoms with van der Waals surface area (Å²) >= 11 is 0. The van der Waals surface area contributed by atoms with Crippen LogP contribution in [0.15, 0.2) is 6.20 Å². The van der Waals surface area contributed by atoms with Gasteiger partial charge in [-0.2, -0.15) is 10.4 Å². The summed E-state index contributed by atoms with van der Waals surface area (Å²) < 4.78 is 6.78. The van der Waals surface area contributed by atoms with Gasteiger partial charge in [-0.3, -0.25) is 9.48 Å². The highest BCUT2D eigenvalue weighted by molar-refractivity contribution is 5.96. The number of carbonyl (C=O) groups excluding carboxylic acids is 2. The van der Waals surface area contributed by atoms with E-state index in [0.717, 1.165) is 0 Å². The van der Waals surface area contributed by atoms with Gasteiger partial charge in [0, 0.05) is 12.2 Å². The average Bonchev–Trinajstić information content (AvgIpc) is 2.87. The summed E-state index contributed by atoms with van der Waals surface area (Å²) in [5.74, 6) is -0.982. The number of ether oxygens (including phenoxy) is 1. The van der Waals surface area contributed by atoms with Gasteiger partial charge in [0.2, 0.25) is 0 Å². The van der Waals surface area contributed by atoms with E-state index in [1.165, 1.54) is 10.9 Å². The molecule has 9 nitrogen and oxygen atoms in total. The van der Waals surface area contributed by atoms with Crippen molar-refractivity contribution >= 4 is 17.8 Å². The van der Waals surface area contributed by atoms with Crippen molar-refractivity contribution in [3.63, 3.8) is 0 Å². The third-order valence-corrected chi connectivity index (χ3v) is 4.07. The predicted molar refractivity (Wildman–Crippen MR) is 90.3 cm³/mol. The van der Waals surface area contributed by atoms with E-state index in [1.54, 1.807) is 20.8 Å². The number of nitrogen functional groups attached to an aromatic ring is 1. The normalized spacial score (nSPS) is 23.5. The molecule has 1 heterocycles. The van der Waals surface area contributed by atoms with Gasteiger partial charge >= 0.3 is 6.09 Å². The number of aromatic nitrogens is 2. The van der Waals surface area contributed by atoms with Crippen molar-refractivity contribution < 1.29 is 14.3 Å². The minimum Gasteiger partial charge on any atom is -0.444 e. The molecule has 0 aliphatic heterocycles. The van der Waals surface area contributed by atoms with Crippen molar-refractivity contribution in [2.75, 3.05) is 5.73 Å². The number of hydrogen-bond acceptors (Lipinski definition) is 6. The summed E-state index contributed by atoms with van der Waals surface area (Å²) in [5.41, 5.74) is 10.5. The third-order valence-electron chi connectivity index (χ3n) is 4.07. The first kappa shape index (κ1) is 18.6. The van der Waals surface area contributed by atoms with Gasteiger partial charge in [-0.05, 0) is 40.0 Å². The number of nitrogens with one attached hydrogen (secondary N) is 1. The molecule has 0 spiro atoms. The van der Waals surface area contributed by atoms with E-state index in [0.29, 0.717) is 19.3 Å². The summed E-state index contributed by atoms with van der Waals surface area (Å²) in [6.45, 7) is 5.38. The molecule has 1 saturated carbocycles. The Labute approximate surface area is 146 Å². The highest BCUT2D eigenvalue weighted by Crippen LogP contribution is 2.34. The minimum absolute atomic E-state index is 0.0539. The van der Waals surface area contributed by atoms with Crippen LogP contribution in [0.25, 0.3) is 0 Å². The Morgan fingerprint density at radius 1 is 1.44 bits per heavy atom. The Hall–Kier alpha value is -2.76. The summed E-state index contributed by atoms with van der Waals surface area (Å²) in [7, 11) is 0. The molecule has 3 atom stereocenters. The van der Waals surface area contributed by atoms with Crippen LogP contribution in [0.1, 0.15) is 56.4 Å². The molecule has 1 aromatic heterocycles. The molecule has 1 unspecified atom stereocenters. The maximum atomic E-state index is 11.9. The number of alkyl carbamates (subject to hydrolysis) is 1. The number of nitriles is 1. The lowest BCUT2D eigenvalue weighted by atomic mass is 9.82. The van der Waals surface area contributed by atoms with Gasteiger partial charge in [0.1, 0.15) is 11.2 Å². The maximum absolute atomic E-state index is 11.9. The predicted octanol–water partition coefficient (Wildman–Crippen LogP) is 1.32. The Bertz CT molecular complexity index is 700. The van der Waals surface area contributed by atoms with Crippen molar-refractivity contribution in [1.29, 1.82) is 5.26 Å². The molecule has 0 bridgehead atoms. The van der Waals surface area contributed by atoms with Gasteiger partial charge in [0.05, 0.1) is 18.0 Å². The third kappa shape index (κ3) is 4.62. The van der Waals surface area contributed by atoms with Gasteiger partial charge < -0.3 is 21.5 Å². The van der Waals surface area contributed by atoms with Gasteiger partial charge in [0.15, 0.2) is 5.82 Å². The van der Waals surface area contributed by atoms with Crippen LogP contribution in [0.2, 0.25) is 0 Å². The number of anilines is 1. The van der Waals surface area contributed by atoms with Gasteiger partial charge in [-0.25, -0.2) is 4.79 Å². The molecule has 1 fully saturated rings. The molecule has 136 valence electrons. The lowest BCUT2D eigenvalue weighted by molar-refractivity contribution is 0.0479. The molecule has 1 aromatic rings. The van der Waals surface area contributed by atoms with Crippen LogP contribution in [-0.2, 0) is 4.74 Å². The smallest absolute Gasteiger partial charge is 0.407 e. The number of nitrogens with zero attached hydrogens (tertiary/aromatic N) is 3. The molecule has 9 heteroatoms. The van der Waals surface area contributed by atoms with Crippen molar-refractivity contribution in [2.45, 2.75) is 57.7 Å². The Morgan fingerprint density at radius 3 is 2.64 bits per heavy atom. The van der Waals surface area contributed by atoms with Crippen LogP contribution in [0.3, 0.4) is 0 Å². The summed E-state index contributed by atoms with van der Waals surface area (Å²) in [6.07, 6.45) is 2.72. The van der Waals surface area contributed by atoms with Crippen LogP contribution in [0, 0.1) is 17.2 Å². The van der Waals surface area contributed by atoms with E-state index in [4.69, 9.17) is 16.2 Å².